The van der Waals surface area contributed by atoms with Crippen LogP contribution in [0.2, 0.25) is 0 Å². The van der Waals surface area contributed by atoms with E-state index in [1.54, 1.807) is 25.3 Å². The van der Waals surface area contributed by atoms with E-state index in [1.165, 1.54) is 6.21 Å². The number of carbonyl (C=O) groups is 2. The summed E-state index contributed by atoms with van der Waals surface area (Å²) in [5.74, 6) is -1.45. The van der Waals surface area contributed by atoms with Crippen LogP contribution in [0.1, 0.15) is 17.3 Å². The maximum atomic E-state index is 11.9. The SMILES string of the molecule is CCOC(=O)C1C=Nc2ncccc2C1=O. The zero-order valence-electron chi connectivity index (χ0n) is 8.71. The van der Waals surface area contributed by atoms with Crippen molar-refractivity contribution in [3.05, 3.63) is 23.9 Å². The summed E-state index contributed by atoms with van der Waals surface area (Å²) in [6.07, 6.45) is 2.84. The Hall–Kier alpha value is -2.04. The molecular formula is C11H10N2O3. The molecule has 0 saturated carbocycles. The van der Waals surface area contributed by atoms with E-state index in [2.05, 4.69) is 9.98 Å². The number of nitrogens with zero attached hydrogens (tertiary/aromatic N) is 2. The minimum atomic E-state index is -0.934. The van der Waals surface area contributed by atoms with Crippen LogP contribution in [0.25, 0.3) is 0 Å². The summed E-state index contributed by atoms with van der Waals surface area (Å²) in [5, 5.41) is 0. The Morgan fingerprint density at radius 3 is 3.12 bits per heavy atom. The molecule has 0 bridgehead atoms. The molecule has 0 amide bonds. The van der Waals surface area contributed by atoms with Crippen LogP contribution in [0.5, 0.6) is 0 Å². The molecule has 1 atom stereocenters. The maximum absolute atomic E-state index is 11.9. The van der Waals surface area contributed by atoms with Gasteiger partial charge in [-0.25, -0.2) is 9.98 Å². The quantitative estimate of drug-likeness (QED) is 0.551. The monoisotopic (exact) mass is 218 g/mol. The second-order valence-electron chi connectivity index (χ2n) is 3.25. The molecule has 2 rings (SSSR count). The van der Waals surface area contributed by atoms with E-state index >= 15 is 0 Å². The molecule has 2 heterocycles. The first-order valence-electron chi connectivity index (χ1n) is 4.94. The number of ether oxygens (including phenoxy) is 1. The van der Waals surface area contributed by atoms with Crippen molar-refractivity contribution in [3.8, 4) is 0 Å². The Kier molecular flexibility index (Phi) is 2.76. The third kappa shape index (κ3) is 1.71. The average molecular weight is 218 g/mol. The number of aliphatic imine (C=N–C) groups is 1. The van der Waals surface area contributed by atoms with Crippen molar-refractivity contribution in [2.24, 2.45) is 10.9 Å². The van der Waals surface area contributed by atoms with Gasteiger partial charge in [0.2, 0.25) is 0 Å². The second kappa shape index (κ2) is 4.22. The van der Waals surface area contributed by atoms with Gasteiger partial charge in [-0.2, -0.15) is 0 Å². The van der Waals surface area contributed by atoms with Gasteiger partial charge in [0, 0.05) is 12.4 Å². The number of Topliss-reactive ketones (excluding diaryl/α,β-unsaturated/α-hetero) is 1. The lowest BCUT2D eigenvalue weighted by Gasteiger charge is -2.14. The normalized spacial score (nSPS) is 18.1. The number of carbonyl (C=O) groups excluding carboxylic acids is 2. The van der Waals surface area contributed by atoms with Crippen molar-refractivity contribution in [3.63, 3.8) is 0 Å². The number of pyridine rings is 1. The van der Waals surface area contributed by atoms with Crippen molar-refractivity contribution in [1.29, 1.82) is 0 Å². The highest BCUT2D eigenvalue weighted by Gasteiger charge is 2.32. The summed E-state index contributed by atoms with van der Waals surface area (Å²) < 4.78 is 4.80. The summed E-state index contributed by atoms with van der Waals surface area (Å²) in [5.41, 5.74) is 0.364. The van der Waals surface area contributed by atoms with E-state index in [0.29, 0.717) is 11.4 Å². The number of hydrogen-bond donors (Lipinski definition) is 0. The first kappa shape index (κ1) is 10.5. The van der Waals surface area contributed by atoms with E-state index in [9.17, 15) is 9.59 Å². The molecule has 0 aromatic carbocycles. The topological polar surface area (TPSA) is 68.6 Å². The Morgan fingerprint density at radius 2 is 2.38 bits per heavy atom. The molecule has 1 aliphatic heterocycles. The summed E-state index contributed by atoms with van der Waals surface area (Å²) in [7, 11) is 0. The lowest BCUT2D eigenvalue weighted by Crippen LogP contribution is -2.29. The molecule has 16 heavy (non-hydrogen) atoms. The fraction of sp³-hybridized carbons (Fsp3) is 0.273. The number of ketones is 1. The molecule has 5 nitrogen and oxygen atoms in total. The third-order valence-corrected chi connectivity index (χ3v) is 2.22. The van der Waals surface area contributed by atoms with Gasteiger partial charge in [0.1, 0.15) is 0 Å². The van der Waals surface area contributed by atoms with Gasteiger partial charge in [-0.3, -0.25) is 9.59 Å². The number of aromatic nitrogens is 1. The molecule has 0 radical (unpaired) electrons. The highest BCUT2D eigenvalue weighted by molar-refractivity contribution is 6.21. The molecule has 0 spiro atoms. The van der Waals surface area contributed by atoms with Crippen molar-refractivity contribution in [2.45, 2.75) is 6.92 Å². The summed E-state index contributed by atoms with van der Waals surface area (Å²) in [4.78, 5) is 31.3. The first-order valence-corrected chi connectivity index (χ1v) is 4.94. The van der Waals surface area contributed by atoms with Crippen molar-refractivity contribution < 1.29 is 14.3 Å². The van der Waals surface area contributed by atoms with Gasteiger partial charge in [0.15, 0.2) is 17.5 Å². The largest absolute Gasteiger partial charge is 0.465 e. The van der Waals surface area contributed by atoms with Crippen LogP contribution in [0, 0.1) is 5.92 Å². The zero-order valence-corrected chi connectivity index (χ0v) is 8.71. The van der Waals surface area contributed by atoms with Crippen LogP contribution in [0.15, 0.2) is 23.3 Å². The first-order chi connectivity index (χ1) is 7.74. The van der Waals surface area contributed by atoms with Gasteiger partial charge in [0.25, 0.3) is 0 Å². The number of rotatable bonds is 2. The Bertz CT molecular complexity index is 468. The number of hydrogen-bond acceptors (Lipinski definition) is 5. The van der Waals surface area contributed by atoms with E-state index in [0.717, 1.165) is 0 Å². The van der Waals surface area contributed by atoms with Crippen molar-refractivity contribution >= 4 is 23.8 Å². The molecule has 1 aromatic rings. The van der Waals surface area contributed by atoms with Gasteiger partial charge in [0.05, 0.1) is 12.2 Å². The van der Waals surface area contributed by atoms with Crippen molar-refractivity contribution in [2.75, 3.05) is 6.61 Å². The van der Waals surface area contributed by atoms with Crippen LogP contribution in [0.3, 0.4) is 0 Å². The summed E-state index contributed by atoms with van der Waals surface area (Å²) in [6, 6.07) is 3.24. The van der Waals surface area contributed by atoms with Crippen LogP contribution >= 0.6 is 0 Å². The highest BCUT2D eigenvalue weighted by Crippen LogP contribution is 2.23. The molecule has 0 saturated heterocycles. The van der Waals surface area contributed by atoms with Gasteiger partial charge < -0.3 is 4.74 Å². The predicted molar refractivity (Wildman–Crippen MR) is 56.8 cm³/mol. The van der Waals surface area contributed by atoms with Crippen LogP contribution in [-0.4, -0.2) is 29.6 Å². The summed E-state index contributed by atoms with van der Waals surface area (Å²) in [6.45, 7) is 1.94. The summed E-state index contributed by atoms with van der Waals surface area (Å²) >= 11 is 0. The molecule has 0 N–H and O–H groups in total. The van der Waals surface area contributed by atoms with E-state index in [4.69, 9.17) is 4.74 Å². The molecule has 5 heteroatoms. The lowest BCUT2D eigenvalue weighted by atomic mass is 9.97. The molecule has 82 valence electrons. The highest BCUT2D eigenvalue weighted by atomic mass is 16.5. The molecular weight excluding hydrogens is 208 g/mol. The number of fused-ring (bicyclic) bond motifs is 1. The lowest BCUT2D eigenvalue weighted by molar-refractivity contribution is -0.143. The van der Waals surface area contributed by atoms with Gasteiger partial charge in [-0.15, -0.1) is 0 Å². The molecule has 0 fully saturated rings. The predicted octanol–water partition coefficient (Wildman–Crippen LogP) is 1.16. The Balaban J connectivity index is 2.31. The minimum Gasteiger partial charge on any atom is -0.465 e. The van der Waals surface area contributed by atoms with Gasteiger partial charge in [-0.1, -0.05) is 0 Å². The zero-order chi connectivity index (χ0) is 11.5. The molecule has 1 aromatic heterocycles. The smallest absolute Gasteiger partial charge is 0.322 e. The van der Waals surface area contributed by atoms with Gasteiger partial charge >= 0.3 is 5.97 Å². The van der Waals surface area contributed by atoms with Gasteiger partial charge in [-0.05, 0) is 19.1 Å². The fourth-order valence-electron chi connectivity index (χ4n) is 1.47. The number of esters is 1. The Morgan fingerprint density at radius 1 is 1.56 bits per heavy atom. The standard InChI is InChI=1S/C11H10N2O3/c1-2-16-11(15)8-6-13-10-7(9(8)14)4-3-5-12-10/h3-6,8H,2H2,1H3. The van der Waals surface area contributed by atoms with Crippen molar-refractivity contribution in [1.82, 2.24) is 4.98 Å². The Labute approximate surface area is 92.2 Å². The second-order valence-corrected chi connectivity index (χ2v) is 3.25. The van der Waals surface area contributed by atoms with Crippen LogP contribution < -0.4 is 0 Å². The van der Waals surface area contributed by atoms with E-state index < -0.39 is 11.9 Å². The molecule has 0 aliphatic carbocycles. The third-order valence-electron chi connectivity index (χ3n) is 2.22. The molecule has 1 unspecified atom stereocenters. The maximum Gasteiger partial charge on any atom is 0.322 e. The minimum absolute atomic E-state index is 0.246. The fourth-order valence-corrected chi connectivity index (χ4v) is 1.47. The molecule has 1 aliphatic rings. The van der Waals surface area contributed by atoms with E-state index in [-0.39, 0.29) is 12.4 Å². The van der Waals surface area contributed by atoms with E-state index in [1.807, 2.05) is 0 Å². The van der Waals surface area contributed by atoms with Crippen LogP contribution in [-0.2, 0) is 9.53 Å². The van der Waals surface area contributed by atoms with Crippen LogP contribution in [0.4, 0.5) is 5.82 Å². The average Bonchev–Trinajstić information content (AvgIpc) is 2.30.